The van der Waals surface area contributed by atoms with Crippen molar-refractivity contribution in [3.05, 3.63) is 111 Å². The predicted octanol–water partition coefficient (Wildman–Crippen LogP) is 3.31. The van der Waals surface area contributed by atoms with Crippen molar-refractivity contribution < 1.29 is 33.6 Å². The highest BCUT2D eigenvalue weighted by Crippen LogP contribution is 2.25. The van der Waals surface area contributed by atoms with Gasteiger partial charge in [-0.1, -0.05) is 48.5 Å². The second-order valence-corrected chi connectivity index (χ2v) is 9.47. The molecule has 2 N–H and O–H groups in total. The van der Waals surface area contributed by atoms with Crippen LogP contribution in [0.15, 0.2) is 78.9 Å². The minimum absolute atomic E-state index is 0.0210. The maximum absolute atomic E-state index is 13.9. The van der Waals surface area contributed by atoms with E-state index >= 15 is 0 Å². The number of nitro groups is 1. The predicted molar refractivity (Wildman–Crippen MR) is 144 cm³/mol. The molecule has 0 aliphatic carbocycles. The van der Waals surface area contributed by atoms with Crippen LogP contribution in [-0.2, 0) is 20.8 Å². The number of carboxylic acids is 1. The molecule has 0 saturated carbocycles. The van der Waals surface area contributed by atoms with Crippen molar-refractivity contribution in [3.8, 4) is 0 Å². The summed E-state index contributed by atoms with van der Waals surface area (Å²) in [5.74, 6) is -3.88. The summed E-state index contributed by atoms with van der Waals surface area (Å²) in [5, 5.41) is 23.3. The number of aliphatic carboxylic acids is 1. The van der Waals surface area contributed by atoms with Gasteiger partial charge in [0, 0.05) is 37.2 Å². The Labute approximate surface area is 234 Å². The molecule has 3 amide bonds. The van der Waals surface area contributed by atoms with Gasteiger partial charge in [-0.15, -0.1) is 0 Å². The first-order chi connectivity index (χ1) is 19.6. The lowest BCUT2D eigenvalue weighted by Gasteiger charge is -2.31. The van der Waals surface area contributed by atoms with Crippen molar-refractivity contribution in [1.82, 2.24) is 15.1 Å². The molecule has 0 bridgehead atoms. The lowest BCUT2D eigenvalue weighted by atomic mass is 10.0. The van der Waals surface area contributed by atoms with E-state index in [1.165, 1.54) is 41.3 Å². The van der Waals surface area contributed by atoms with Gasteiger partial charge in [0.2, 0.25) is 5.91 Å². The Morgan fingerprint density at radius 1 is 0.976 bits per heavy atom. The van der Waals surface area contributed by atoms with Crippen molar-refractivity contribution >= 4 is 29.4 Å². The molecule has 11 nitrogen and oxygen atoms in total. The van der Waals surface area contributed by atoms with Crippen molar-refractivity contribution in [2.75, 3.05) is 13.1 Å². The first-order valence-electron chi connectivity index (χ1n) is 12.8. The lowest BCUT2D eigenvalue weighted by molar-refractivity contribution is -0.384. The van der Waals surface area contributed by atoms with Crippen LogP contribution in [0.25, 0.3) is 0 Å². The van der Waals surface area contributed by atoms with Crippen LogP contribution in [-0.4, -0.2) is 62.8 Å². The van der Waals surface area contributed by atoms with Crippen LogP contribution >= 0.6 is 0 Å². The summed E-state index contributed by atoms with van der Waals surface area (Å²) in [5.41, 5.74) is 0.745. The Hall–Kier alpha value is -5.13. The Morgan fingerprint density at radius 3 is 2.37 bits per heavy atom. The monoisotopic (exact) mass is 562 g/mol. The van der Waals surface area contributed by atoms with Crippen LogP contribution < -0.4 is 5.32 Å². The average Bonchev–Trinajstić information content (AvgIpc) is 3.41. The molecule has 1 saturated heterocycles. The van der Waals surface area contributed by atoms with Gasteiger partial charge in [-0.2, -0.15) is 0 Å². The first kappa shape index (κ1) is 28.9. The molecule has 0 radical (unpaired) electrons. The number of nitro benzene ring substituents is 1. The average molecular weight is 563 g/mol. The number of hydrogen-bond acceptors (Lipinski definition) is 6. The van der Waals surface area contributed by atoms with Crippen LogP contribution in [0.1, 0.15) is 40.4 Å². The number of non-ortho nitro benzene ring substituents is 1. The van der Waals surface area contributed by atoms with Crippen LogP contribution in [0.5, 0.6) is 0 Å². The minimum atomic E-state index is -1.45. The smallest absolute Gasteiger partial charge is 0.305 e. The highest BCUT2D eigenvalue weighted by atomic mass is 19.1. The Bertz CT molecular complexity index is 1470. The number of rotatable bonds is 10. The summed E-state index contributed by atoms with van der Waals surface area (Å²) >= 11 is 0. The molecule has 212 valence electrons. The zero-order valence-corrected chi connectivity index (χ0v) is 21.8. The number of halogens is 1. The summed E-state index contributed by atoms with van der Waals surface area (Å²) in [6, 6.07) is 18.1. The molecule has 1 heterocycles. The standard InChI is InChI=1S/C29H27FN4O7/c30-22-10-4-9-21(16-22)29(39)33-15-14-32(25(35)13-12-19-6-2-1-3-7-19)28(33)27(38)31-24(18-26(36)37)20-8-5-11-23(17-20)34(40)41/h1-11,16-17,24,28H,12-15,18H2,(H,31,38)(H,36,37). The third-order valence-electron chi connectivity index (χ3n) is 6.71. The third kappa shape index (κ3) is 7.10. The molecule has 0 aromatic heterocycles. The van der Waals surface area contributed by atoms with E-state index in [0.29, 0.717) is 6.42 Å². The van der Waals surface area contributed by atoms with Gasteiger partial charge in [0.25, 0.3) is 17.5 Å². The topological polar surface area (TPSA) is 150 Å². The number of carboxylic acid groups (broad SMARTS) is 1. The Balaban J connectivity index is 1.63. The number of carbonyl (C=O) groups excluding carboxylic acids is 3. The molecular formula is C29H27FN4O7. The van der Waals surface area contributed by atoms with Gasteiger partial charge >= 0.3 is 5.97 Å². The van der Waals surface area contributed by atoms with Gasteiger partial charge in [-0.3, -0.25) is 29.3 Å². The van der Waals surface area contributed by atoms with Crippen molar-refractivity contribution in [2.45, 2.75) is 31.5 Å². The van der Waals surface area contributed by atoms with Crippen LogP contribution in [0.4, 0.5) is 10.1 Å². The highest BCUT2D eigenvalue weighted by Gasteiger charge is 2.43. The van der Waals surface area contributed by atoms with Gasteiger partial charge in [-0.25, -0.2) is 4.39 Å². The van der Waals surface area contributed by atoms with Crippen molar-refractivity contribution in [3.63, 3.8) is 0 Å². The second-order valence-electron chi connectivity index (χ2n) is 9.47. The largest absolute Gasteiger partial charge is 0.481 e. The summed E-state index contributed by atoms with van der Waals surface area (Å²) in [6.45, 7) is -0.00190. The normalized spacial score (nSPS) is 15.3. The van der Waals surface area contributed by atoms with E-state index in [1.54, 1.807) is 0 Å². The number of hydrogen-bond donors (Lipinski definition) is 2. The summed E-state index contributed by atoms with van der Waals surface area (Å²) in [6.07, 6.45) is -1.64. The molecule has 12 heteroatoms. The van der Waals surface area contributed by atoms with E-state index < -0.39 is 53.1 Å². The fraction of sp³-hybridized carbons (Fsp3) is 0.241. The Kier molecular flexibility index (Phi) is 9.02. The number of nitrogens with zero attached hydrogens (tertiary/aromatic N) is 3. The number of benzene rings is 3. The zero-order chi connectivity index (χ0) is 29.5. The zero-order valence-electron chi connectivity index (χ0n) is 21.8. The van der Waals surface area contributed by atoms with Crippen LogP contribution in [0, 0.1) is 15.9 Å². The van der Waals surface area contributed by atoms with Crippen LogP contribution in [0.2, 0.25) is 0 Å². The van der Waals surface area contributed by atoms with E-state index in [-0.39, 0.29) is 36.3 Å². The molecule has 4 rings (SSSR count). The molecule has 1 aliphatic heterocycles. The van der Waals surface area contributed by atoms with Crippen molar-refractivity contribution in [1.29, 1.82) is 0 Å². The SMILES string of the molecule is O=C(O)CC(NC(=O)C1N(C(=O)CCc2ccccc2)CCN1C(=O)c1cccc(F)c1)c1cccc([N+](=O)[O-])c1. The molecule has 41 heavy (non-hydrogen) atoms. The first-order valence-corrected chi connectivity index (χ1v) is 12.8. The molecule has 0 spiro atoms. The van der Waals surface area contributed by atoms with E-state index in [9.17, 15) is 38.8 Å². The Morgan fingerprint density at radius 2 is 1.68 bits per heavy atom. The summed E-state index contributed by atoms with van der Waals surface area (Å²) in [7, 11) is 0. The fourth-order valence-electron chi connectivity index (χ4n) is 4.74. The van der Waals surface area contributed by atoms with Gasteiger partial charge in [0.15, 0.2) is 6.17 Å². The van der Waals surface area contributed by atoms with Gasteiger partial charge < -0.3 is 20.2 Å². The molecule has 3 aromatic rings. The number of nitrogens with one attached hydrogen (secondary N) is 1. The number of carbonyl (C=O) groups is 4. The van der Waals surface area contributed by atoms with E-state index in [1.807, 2.05) is 30.3 Å². The van der Waals surface area contributed by atoms with Gasteiger partial charge in [0.05, 0.1) is 17.4 Å². The van der Waals surface area contributed by atoms with E-state index in [2.05, 4.69) is 5.32 Å². The quantitative estimate of drug-likeness (QED) is 0.284. The lowest BCUT2D eigenvalue weighted by Crippen LogP contribution is -2.54. The maximum Gasteiger partial charge on any atom is 0.305 e. The van der Waals surface area contributed by atoms with Crippen molar-refractivity contribution in [2.24, 2.45) is 0 Å². The molecule has 2 unspecified atom stereocenters. The number of aryl methyl sites for hydroxylation is 1. The van der Waals surface area contributed by atoms with E-state index in [4.69, 9.17) is 0 Å². The third-order valence-corrected chi connectivity index (χ3v) is 6.71. The van der Waals surface area contributed by atoms with Gasteiger partial charge in [-0.05, 0) is 35.7 Å². The molecule has 3 aromatic carbocycles. The fourth-order valence-corrected chi connectivity index (χ4v) is 4.74. The molecule has 2 atom stereocenters. The summed E-state index contributed by atoms with van der Waals surface area (Å²) < 4.78 is 13.9. The number of amides is 3. The molecule has 1 fully saturated rings. The molecular weight excluding hydrogens is 535 g/mol. The maximum atomic E-state index is 13.9. The van der Waals surface area contributed by atoms with E-state index in [0.717, 1.165) is 22.6 Å². The van der Waals surface area contributed by atoms with Gasteiger partial charge in [0.1, 0.15) is 5.82 Å². The minimum Gasteiger partial charge on any atom is -0.481 e. The molecule has 1 aliphatic rings. The van der Waals surface area contributed by atoms with Crippen LogP contribution in [0.3, 0.4) is 0 Å². The summed E-state index contributed by atoms with van der Waals surface area (Å²) in [4.78, 5) is 65.1. The highest BCUT2D eigenvalue weighted by molar-refractivity contribution is 5.99. The second kappa shape index (κ2) is 12.8.